The van der Waals surface area contributed by atoms with Gasteiger partial charge in [-0.15, -0.1) is 0 Å². The maximum Gasteiger partial charge on any atom is 0.340 e. The average Bonchev–Trinajstić information content (AvgIpc) is 2.98. The first kappa shape index (κ1) is 14.8. The van der Waals surface area contributed by atoms with E-state index in [-0.39, 0.29) is 18.1 Å². The Bertz CT molecular complexity index is 684. The van der Waals surface area contributed by atoms with Gasteiger partial charge >= 0.3 is 5.97 Å². The van der Waals surface area contributed by atoms with Gasteiger partial charge in [0.1, 0.15) is 5.52 Å². The van der Waals surface area contributed by atoms with Gasteiger partial charge < -0.3 is 25.1 Å². The zero-order valence-electron chi connectivity index (χ0n) is 12.7. The number of anilines is 1. The Hall–Kier alpha value is -2.12. The Kier molecular flexibility index (Phi) is 4.00. The van der Waals surface area contributed by atoms with E-state index < -0.39 is 0 Å². The highest BCUT2D eigenvalue weighted by atomic mass is 16.5. The van der Waals surface area contributed by atoms with E-state index in [0.717, 1.165) is 24.4 Å². The summed E-state index contributed by atoms with van der Waals surface area (Å²) in [4.78, 5) is 21.8. The number of nitrogens with zero attached hydrogens (tertiary/aromatic N) is 2. The number of carbonyl (C=O) groups is 1. The molecule has 2 atom stereocenters. The van der Waals surface area contributed by atoms with Crippen LogP contribution in [0.1, 0.15) is 16.8 Å². The molecular formula is C15H20N4O3. The molecule has 0 unspecified atom stereocenters. The molecule has 2 heterocycles. The van der Waals surface area contributed by atoms with Gasteiger partial charge in [0, 0.05) is 26.2 Å². The number of rotatable bonds is 3. The van der Waals surface area contributed by atoms with E-state index in [0.29, 0.717) is 17.6 Å². The van der Waals surface area contributed by atoms with Crippen LogP contribution in [0.4, 0.5) is 5.95 Å². The third kappa shape index (κ3) is 2.53. The van der Waals surface area contributed by atoms with Crippen LogP contribution in [0.5, 0.6) is 0 Å². The molecule has 1 aliphatic rings. The largest absolute Gasteiger partial charge is 0.465 e. The highest BCUT2D eigenvalue weighted by molar-refractivity contribution is 6.02. The van der Waals surface area contributed by atoms with Crippen molar-refractivity contribution in [1.29, 1.82) is 0 Å². The summed E-state index contributed by atoms with van der Waals surface area (Å²) in [6.45, 7) is 1.47. The number of ether oxygens (including phenoxy) is 2. The van der Waals surface area contributed by atoms with Gasteiger partial charge in [-0.05, 0) is 18.6 Å². The minimum absolute atomic E-state index is 0.0259. The molecule has 0 bridgehead atoms. The zero-order valence-corrected chi connectivity index (χ0v) is 12.7. The van der Waals surface area contributed by atoms with Gasteiger partial charge in [0.2, 0.25) is 5.95 Å². The fourth-order valence-corrected chi connectivity index (χ4v) is 2.82. The van der Waals surface area contributed by atoms with E-state index in [1.807, 2.05) is 6.07 Å². The second-order valence-electron chi connectivity index (χ2n) is 5.43. The molecule has 1 aromatic heterocycles. The molecular weight excluding hydrogens is 284 g/mol. The van der Waals surface area contributed by atoms with Crippen molar-refractivity contribution in [3.8, 4) is 0 Å². The number of fused-ring (bicyclic) bond motifs is 1. The predicted octanol–water partition coefficient (Wildman–Crippen LogP) is 0.902. The molecule has 7 heteroatoms. The van der Waals surface area contributed by atoms with Crippen molar-refractivity contribution in [2.75, 3.05) is 32.2 Å². The molecule has 0 saturated carbocycles. The monoisotopic (exact) mass is 304 g/mol. The summed E-state index contributed by atoms with van der Waals surface area (Å²) in [6, 6.07) is 5.45. The number of nitrogens with two attached hydrogens (primary N) is 1. The number of aromatic nitrogens is 2. The first-order valence-electron chi connectivity index (χ1n) is 7.24. The third-order valence-corrected chi connectivity index (χ3v) is 4.12. The fraction of sp³-hybridized carbons (Fsp3) is 0.467. The number of aromatic amines is 1. The van der Waals surface area contributed by atoms with Crippen LogP contribution < -0.4 is 10.6 Å². The van der Waals surface area contributed by atoms with Crippen LogP contribution in [0, 0.1) is 0 Å². The number of carbonyl (C=O) groups excluding carboxylic acids is 1. The minimum Gasteiger partial charge on any atom is -0.465 e. The Morgan fingerprint density at radius 1 is 1.45 bits per heavy atom. The molecule has 0 spiro atoms. The average molecular weight is 304 g/mol. The van der Waals surface area contributed by atoms with Gasteiger partial charge in [-0.1, -0.05) is 6.07 Å². The lowest BCUT2D eigenvalue weighted by atomic mass is 10.0. The van der Waals surface area contributed by atoms with E-state index in [1.165, 1.54) is 7.11 Å². The smallest absolute Gasteiger partial charge is 0.340 e. The number of esters is 1. The standard InChI is InChI=1S/C15H20N4O3/c1-21-12-8-19(7-6-10(12)16)15-17-11-5-3-4-9(13(11)18-15)14(20)22-2/h3-5,10,12H,6-8,16H2,1-2H3,(H,17,18)/t10-,12+/m1/s1. The summed E-state index contributed by atoms with van der Waals surface area (Å²) in [6.07, 6.45) is 0.807. The Labute approximate surface area is 128 Å². The molecule has 22 heavy (non-hydrogen) atoms. The third-order valence-electron chi connectivity index (χ3n) is 4.12. The first-order chi connectivity index (χ1) is 10.6. The Morgan fingerprint density at radius 3 is 3.00 bits per heavy atom. The summed E-state index contributed by atoms with van der Waals surface area (Å²) >= 11 is 0. The van der Waals surface area contributed by atoms with Gasteiger partial charge in [-0.3, -0.25) is 0 Å². The number of benzene rings is 1. The van der Waals surface area contributed by atoms with Crippen LogP contribution in [-0.4, -0.2) is 55.4 Å². The first-order valence-corrected chi connectivity index (χ1v) is 7.24. The summed E-state index contributed by atoms with van der Waals surface area (Å²) < 4.78 is 10.2. The molecule has 1 aliphatic heterocycles. The van der Waals surface area contributed by atoms with Gasteiger partial charge in [-0.25, -0.2) is 9.78 Å². The van der Waals surface area contributed by atoms with Gasteiger partial charge in [0.05, 0.1) is 24.3 Å². The second kappa shape index (κ2) is 5.94. The van der Waals surface area contributed by atoms with Gasteiger partial charge in [0.25, 0.3) is 0 Å². The summed E-state index contributed by atoms with van der Waals surface area (Å²) in [5.74, 6) is 0.333. The predicted molar refractivity (Wildman–Crippen MR) is 83.0 cm³/mol. The number of imidazole rings is 1. The molecule has 1 fully saturated rings. The summed E-state index contributed by atoms with van der Waals surface area (Å²) in [5.41, 5.74) is 7.93. The normalized spacial score (nSPS) is 22.0. The van der Waals surface area contributed by atoms with Crippen molar-refractivity contribution in [2.24, 2.45) is 5.73 Å². The van der Waals surface area contributed by atoms with E-state index in [1.54, 1.807) is 19.2 Å². The number of H-pyrrole nitrogens is 1. The molecule has 3 rings (SSSR count). The van der Waals surface area contributed by atoms with Crippen molar-refractivity contribution in [3.63, 3.8) is 0 Å². The van der Waals surface area contributed by atoms with E-state index in [9.17, 15) is 4.79 Å². The number of methoxy groups -OCH3 is 2. The molecule has 1 saturated heterocycles. The van der Waals surface area contributed by atoms with E-state index >= 15 is 0 Å². The van der Waals surface area contributed by atoms with Gasteiger partial charge in [0.15, 0.2) is 0 Å². The maximum atomic E-state index is 11.8. The van der Waals surface area contributed by atoms with E-state index in [4.69, 9.17) is 15.2 Å². The molecule has 118 valence electrons. The topological polar surface area (TPSA) is 93.5 Å². The number of para-hydroxylation sites is 1. The van der Waals surface area contributed by atoms with Crippen LogP contribution in [0.15, 0.2) is 18.2 Å². The Morgan fingerprint density at radius 2 is 2.27 bits per heavy atom. The number of nitrogens with one attached hydrogen (secondary N) is 1. The number of hydrogen-bond acceptors (Lipinski definition) is 6. The quantitative estimate of drug-likeness (QED) is 0.818. The molecule has 1 aromatic carbocycles. The molecule has 2 aromatic rings. The molecule has 0 amide bonds. The molecule has 0 aliphatic carbocycles. The van der Waals surface area contributed by atoms with E-state index in [2.05, 4.69) is 14.9 Å². The van der Waals surface area contributed by atoms with Crippen molar-refractivity contribution < 1.29 is 14.3 Å². The number of piperidine rings is 1. The fourth-order valence-electron chi connectivity index (χ4n) is 2.82. The second-order valence-corrected chi connectivity index (χ2v) is 5.43. The lowest BCUT2D eigenvalue weighted by molar-refractivity contribution is 0.0602. The summed E-state index contributed by atoms with van der Waals surface area (Å²) in [5, 5.41) is 0. The van der Waals surface area contributed by atoms with Crippen molar-refractivity contribution in [3.05, 3.63) is 23.8 Å². The maximum absolute atomic E-state index is 11.8. The lowest BCUT2D eigenvalue weighted by Gasteiger charge is -2.35. The lowest BCUT2D eigenvalue weighted by Crippen LogP contribution is -2.51. The van der Waals surface area contributed by atoms with Crippen molar-refractivity contribution in [2.45, 2.75) is 18.6 Å². The van der Waals surface area contributed by atoms with Gasteiger partial charge in [-0.2, -0.15) is 0 Å². The van der Waals surface area contributed by atoms with Crippen molar-refractivity contribution >= 4 is 23.0 Å². The molecule has 3 N–H and O–H groups in total. The van der Waals surface area contributed by atoms with Crippen LogP contribution in [0.2, 0.25) is 0 Å². The highest BCUT2D eigenvalue weighted by Gasteiger charge is 2.28. The Balaban J connectivity index is 1.94. The van der Waals surface area contributed by atoms with Crippen LogP contribution >= 0.6 is 0 Å². The molecule has 7 nitrogen and oxygen atoms in total. The SMILES string of the molecule is COC(=O)c1cccc2[nH]c(N3CC[C@@H](N)[C@@H](OC)C3)nc12. The molecule has 0 radical (unpaired) electrons. The van der Waals surface area contributed by atoms with Crippen LogP contribution in [0.3, 0.4) is 0 Å². The van der Waals surface area contributed by atoms with Crippen LogP contribution in [-0.2, 0) is 9.47 Å². The summed E-state index contributed by atoms with van der Waals surface area (Å²) in [7, 11) is 3.03. The minimum atomic E-state index is -0.390. The van der Waals surface area contributed by atoms with Crippen LogP contribution in [0.25, 0.3) is 11.0 Å². The number of hydrogen-bond donors (Lipinski definition) is 2. The van der Waals surface area contributed by atoms with Crippen molar-refractivity contribution in [1.82, 2.24) is 9.97 Å². The highest BCUT2D eigenvalue weighted by Crippen LogP contribution is 2.24. The zero-order chi connectivity index (χ0) is 15.7.